The lowest BCUT2D eigenvalue weighted by Crippen LogP contribution is -2.21. The van der Waals surface area contributed by atoms with Gasteiger partial charge in [-0.2, -0.15) is 0 Å². The lowest BCUT2D eigenvalue weighted by molar-refractivity contribution is 0.425. The van der Waals surface area contributed by atoms with Crippen molar-refractivity contribution in [3.8, 4) is 0 Å². The van der Waals surface area contributed by atoms with Crippen LogP contribution in [-0.4, -0.2) is 44.5 Å². The van der Waals surface area contributed by atoms with E-state index < -0.39 is 10.0 Å². The number of nitrogens with one attached hydrogen (secondary N) is 1. The van der Waals surface area contributed by atoms with E-state index in [0.29, 0.717) is 22.8 Å². The van der Waals surface area contributed by atoms with Crippen LogP contribution in [0.25, 0.3) is 10.9 Å². The van der Waals surface area contributed by atoms with Crippen molar-refractivity contribution >= 4 is 54.1 Å². The number of hydrogen-bond donors (Lipinski definition) is 1. The van der Waals surface area contributed by atoms with Crippen LogP contribution >= 0.6 is 27.5 Å². The summed E-state index contributed by atoms with van der Waals surface area (Å²) in [6.45, 7) is 3.37. The van der Waals surface area contributed by atoms with E-state index in [1.54, 1.807) is 24.4 Å². The molecule has 0 spiro atoms. The smallest absolute Gasteiger partial charge is 0.268 e. The Labute approximate surface area is 173 Å². The van der Waals surface area contributed by atoms with Gasteiger partial charge in [-0.05, 0) is 63.0 Å². The monoisotopic (exact) mass is 469 g/mol. The van der Waals surface area contributed by atoms with Crippen molar-refractivity contribution in [1.82, 2.24) is 8.87 Å². The summed E-state index contributed by atoms with van der Waals surface area (Å²) in [5.74, 6) is 0. The van der Waals surface area contributed by atoms with Gasteiger partial charge < -0.3 is 10.2 Å². The summed E-state index contributed by atoms with van der Waals surface area (Å²) < 4.78 is 28.8. The summed E-state index contributed by atoms with van der Waals surface area (Å²) >= 11 is 9.68. The molecular formula is C19H21BrClN3O2S. The minimum Gasteiger partial charge on any atom is -0.383 e. The van der Waals surface area contributed by atoms with Gasteiger partial charge in [-0.1, -0.05) is 27.5 Å². The number of aromatic nitrogens is 1. The molecule has 1 aromatic heterocycles. The van der Waals surface area contributed by atoms with Crippen LogP contribution in [0.2, 0.25) is 5.02 Å². The van der Waals surface area contributed by atoms with E-state index >= 15 is 0 Å². The zero-order valence-corrected chi connectivity index (χ0v) is 18.5. The number of rotatable bonds is 6. The van der Waals surface area contributed by atoms with Gasteiger partial charge in [-0.3, -0.25) is 0 Å². The Bertz CT molecular complexity index is 1090. The number of halogens is 2. The molecule has 3 aromatic rings. The first-order valence-electron chi connectivity index (χ1n) is 8.41. The van der Waals surface area contributed by atoms with Crippen LogP contribution in [0.4, 0.5) is 5.69 Å². The molecule has 0 amide bonds. The van der Waals surface area contributed by atoms with Gasteiger partial charge in [0.2, 0.25) is 0 Å². The van der Waals surface area contributed by atoms with E-state index in [0.717, 1.165) is 22.0 Å². The Morgan fingerprint density at radius 3 is 2.63 bits per heavy atom. The number of likely N-dealkylation sites (N-methyl/N-ethyl adjacent to an activating group) is 1. The van der Waals surface area contributed by atoms with Gasteiger partial charge in [0, 0.05) is 29.1 Å². The minimum absolute atomic E-state index is 0.194. The highest BCUT2D eigenvalue weighted by atomic mass is 79.9. The Hall–Kier alpha value is -1.54. The van der Waals surface area contributed by atoms with Crippen LogP contribution in [0.3, 0.4) is 0 Å². The molecule has 27 heavy (non-hydrogen) atoms. The molecule has 0 bridgehead atoms. The zero-order valence-electron chi connectivity index (χ0n) is 15.3. The summed E-state index contributed by atoms with van der Waals surface area (Å²) in [5.41, 5.74) is 2.15. The Balaban J connectivity index is 2.03. The fourth-order valence-electron chi connectivity index (χ4n) is 2.86. The molecule has 0 fully saturated rings. The lowest BCUT2D eigenvalue weighted by Gasteiger charge is -2.14. The van der Waals surface area contributed by atoms with E-state index in [4.69, 9.17) is 11.6 Å². The molecule has 0 unspecified atom stereocenters. The van der Waals surface area contributed by atoms with Crippen LogP contribution in [0.5, 0.6) is 0 Å². The number of hydrogen-bond acceptors (Lipinski definition) is 4. The molecule has 3 rings (SSSR count). The fraction of sp³-hybridized carbons (Fsp3) is 0.263. The molecule has 0 aliphatic heterocycles. The van der Waals surface area contributed by atoms with Crippen molar-refractivity contribution in [1.29, 1.82) is 0 Å². The molecule has 0 aliphatic rings. The second-order valence-electron chi connectivity index (χ2n) is 6.65. The third-order valence-corrected chi connectivity index (χ3v) is 6.79. The van der Waals surface area contributed by atoms with Crippen molar-refractivity contribution in [2.24, 2.45) is 0 Å². The second kappa shape index (κ2) is 7.83. The summed E-state index contributed by atoms with van der Waals surface area (Å²) in [7, 11) is 0.203. The van der Waals surface area contributed by atoms with E-state index in [1.807, 2.05) is 38.1 Å². The number of nitrogens with zero attached hydrogens (tertiary/aromatic N) is 2. The average Bonchev–Trinajstić information content (AvgIpc) is 2.93. The van der Waals surface area contributed by atoms with Crippen molar-refractivity contribution in [2.75, 3.05) is 32.5 Å². The van der Waals surface area contributed by atoms with Gasteiger partial charge in [-0.15, -0.1) is 0 Å². The number of benzene rings is 2. The zero-order chi connectivity index (χ0) is 19.8. The number of anilines is 1. The van der Waals surface area contributed by atoms with Crippen LogP contribution in [0.15, 0.2) is 52.0 Å². The maximum Gasteiger partial charge on any atom is 0.268 e. The average molecular weight is 471 g/mol. The maximum atomic E-state index is 13.3. The Morgan fingerprint density at radius 1 is 1.19 bits per heavy atom. The van der Waals surface area contributed by atoms with Gasteiger partial charge in [0.15, 0.2) is 0 Å². The van der Waals surface area contributed by atoms with E-state index in [1.165, 1.54) is 10.0 Å². The molecule has 5 nitrogen and oxygen atoms in total. The first-order chi connectivity index (χ1) is 12.7. The second-order valence-corrected chi connectivity index (χ2v) is 9.78. The molecule has 0 saturated heterocycles. The highest BCUT2D eigenvalue weighted by molar-refractivity contribution is 9.10. The summed E-state index contributed by atoms with van der Waals surface area (Å²) in [5, 5.41) is 4.59. The molecular weight excluding hydrogens is 450 g/mol. The highest BCUT2D eigenvalue weighted by Gasteiger charge is 2.21. The lowest BCUT2D eigenvalue weighted by atomic mass is 10.2. The van der Waals surface area contributed by atoms with Crippen LogP contribution < -0.4 is 5.32 Å². The van der Waals surface area contributed by atoms with Crippen molar-refractivity contribution in [2.45, 2.75) is 11.8 Å². The number of aryl methyl sites for hydroxylation is 1. The summed E-state index contributed by atoms with van der Waals surface area (Å²) in [6.07, 6.45) is 1.65. The van der Waals surface area contributed by atoms with E-state index in [2.05, 4.69) is 21.2 Å². The third-order valence-electron chi connectivity index (χ3n) is 4.30. The normalized spacial score (nSPS) is 12.1. The van der Waals surface area contributed by atoms with Crippen LogP contribution in [-0.2, 0) is 10.0 Å². The van der Waals surface area contributed by atoms with Gasteiger partial charge in [0.05, 0.1) is 21.1 Å². The van der Waals surface area contributed by atoms with Crippen LogP contribution in [0.1, 0.15) is 5.56 Å². The third kappa shape index (κ3) is 4.16. The molecule has 0 aliphatic carbocycles. The number of fused-ring (bicyclic) bond motifs is 1. The fourth-order valence-corrected chi connectivity index (χ4v) is 4.85. The summed E-state index contributed by atoms with van der Waals surface area (Å²) in [4.78, 5) is 2.23. The quantitative estimate of drug-likeness (QED) is 0.573. The van der Waals surface area contributed by atoms with Gasteiger partial charge in [0.25, 0.3) is 10.0 Å². The molecule has 0 radical (unpaired) electrons. The molecule has 1 heterocycles. The van der Waals surface area contributed by atoms with Crippen LogP contribution in [0, 0.1) is 6.92 Å². The van der Waals surface area contributed by atoms with Crippen molar-refractivity contribution < 1.29 is 8.42 Å². The SMILES string of the molecule is Cc1cn(S(=O)(=O)c2ccc(Cl)c(NCCN(C)C)c2)c2ccc(Br)cc12. The topological polar surface area (TPSA) is 54.3 Å². The highest BCUT2D eigenvalue weighted by Crippen LogP contribution is 2.30. The van der Waals surface area contributed by atoms with E-state index in [9.17, 15) is 8.42 Å². The molecule has 2 aromatic carbocycles. The first-order valence-corrected chi connectivity index (χ1v) is 11.0. The van der Waals surface area contributed by atoms with Crippen molar-refractivity contribution in [3.05, 3.63) is 57.7 Å². The van der Waals surface area contributed by atoms with Gasteiger partial charge in [-0.25, -0.2) is 12.4 Å². The molecule has 8 heteroatoms. The van der Waals surface area contributed by atoms with Gasteiger partial charge >= 0.3 is 0 Å². The van der Waals surface area contributed by atoms with E-state index in [-0.39, 0.29) is 4.90 Å². The predicted octanol–water partition coefficient (Wildman–Crippen LogP) is 4.58. The minimum atomic E-state index is -3.75. The standard InChI is InChI=1S/C19H21BrClN3O2S/c1-13-12-24(19-7-4-14(20)10-16(13)19)27(25,26)15-5-6-17(21)18(11-15)22-8-9-23(2)3/h4-7,10-12,22H,8-9H2,1-3H3. The Kier molecular flexibility index (Phi) is 5.86. The summed E-state index contributed by atoms with van der Waals surface area (Å²) in [6, 6.07) is 10.3. The molecule has 0 atom stereocenters. The Morgan fingerprint density at radius 2 is 1.93 bits per heavy atom. The maximum absolute atomic E-state index is 13.3. The predicted molar refractivity (Wildman–Crippen MR) is 115 cm³/mol. The molecule has 0 saturated carbocycles. The molecule has 1 N–H and O–H groups in total. The van der Waals surface area contributed by atoms with Gasteiger partial charge in [0.1, 0.15) is 0 Å². The molecule has 144 valence electrons. The van der Waals surface area contributed by atoms with Crippen molar-refractivity contribution in [3.63, 3.8) is 0 Å². The largest absolute Gasteiger partial charge is 0.383 e. The first kappa shape index (κ1) is 20.2.